The lowest BCUT2D eigenvalue weighted by Crippen LogP contribution is -2.48. The largest absolute Gasteiger partial charge is 0.478 e. The molecule has 1 N–H and O–H groups in total. The minimum atomic E-state index is 0.614. The minimum absolute atomic E-state index is 0.614. The molecule has 1 aromatic heterocycles. The van der Waals surface area contributed by atoms with Crippen LogP contribution in [0.25, 0.3) is 0 Å². The Labute approximate surface area is 121 Å². The zero-order valence-corrected chi connectivity index (χ0v) is 12.5. The van der Waals surface area contributed by atoms with E-state index in [1.54, 1.807) is 0 Å². The van der Waals surface area contributed by atoms with Gasteiger partial charge in [0.1, 0.15) is 5.82 Å². The normalized spacial score (nSPS) is 28.4. The van der Waals surface area contributed by atoms with Crippen LogP contribution < -0.4 is 15.0 Å². The molecule has 0 aromatic carbocycles. The van der Waals surface area contributed by atoms with Crippen LogP contribution in [-0.2, 0) is 0 Å². The van der Waals surface area contributed by atoms with E-state index in [9.17, 15) is 0 Å². The van der Waals surface area contributed by atoms with Crippen LogP contribution in [0.1, 0.15) is 39.5 Å². The molecule has 1 aromatic rings. The number of hydrogen-bond acceptors (Lipinski definition) is 4. The average Bonchev–Trinajstić information content (AvgIpc) is 2.79. The zero-order valence-electron chi connectivity index (χ0n) is 12.5. The summed E-state index contributed by atoms with van der Waals surface area (Å²) in [5, 5.41) is 3.71. The molecule has 0 saturated carbocycles. The molecule has 2 fully saturated rings. The van der Waals surface area contributed by atoms with Gasteiger partial charge in [0.15, 0.2) is 0 Å². The highest BCUT2D eigenvalue weighted by Gasteiger charge is 2.36. The minimum Gasteiger partial charge on any atom is -0.478 e. The fourth-order valence-electron chi connectivity index (χ4n) is 3.68. The Kier molecular flexibility index (Phi) is 4.10. The van der Waals surface area contributed by atoms with Crippen molar-refractivity contribution in [3.63, 3.8) is 0 Å². The molecule has 4 nitrogen and oxygen atoms in total. The molecule has 3 rings (SSSR count). The number of fused-ring (bicyclic) bond motifs is 2. The van der Waals surface area contributed by atoms with Crippen molar-refractivity contribution in [2.45, 2.75) is 57.7 Å². The van der Waals surface area contributed by atoms with Crippen LogP contribution in [0.3, 0.4) is 0 Å². The van der Waals surface area contributed by atoms with E-state index in [0.717, 1.165) is 18.2 Å². The number of piperidine rings is 1. The molecule has 2 atom stereocenters. The fourth-order valence-corrected chi connectivity index (χ4v) is 3.68. The number of rotatable bonds is 5. The van der Waals surface area contributed by atoms with E-state index in [1.807, 2.05) is 19.1 Å². The van der Waals surface area contributed by atoms with E-state index in [0.29, 0.717) is 24.7 Å². The molecule has 0 amide bonds. The van der Waals surface area contributed by atoms with Crippen LogP contribution in [0.4, 0.5) is 5.82 Å². The van der Waals surface area contributed by atoms with Crippen molar-refractivity contribution in [1.82, 2.24) is 10.3 Å². The van der Waals surface area contributed by atoms with Gasteiger partial charge in [0.05, 0.1) is 6.61 Å². The lowest BCUT2D eigenvalue weighted by molar-refractivity contribution is 0.324. The maximum absolute atomic E-state index is 5.53. The summed E-state index contributed by atoms with van der Waals surface area (Å²) >= 11 is 0. The SMILES string of the molecule is CCOc1cccc(N(CC)C2CC3CCC(C2)N3)n1. The molecule has 2 unspecified atom stereocenters. The summed E-state index contributed by atoms with van der Waals surface area (Å²) in [4.78, 5) is 7.12. The number of hydrogen-bond donors (Lipinski definition) is 1. The average molecular weight is 275 g/mol. The smallest absolute Gasteiger partial charge is 0.215 e. The molecule has 2 bridgehead atoms. The highest BCUT2D eigenvalue weighted by atomic mass is 16.5. The number of nitrogens with one attached hydrogen (secondary N) is 1. The van der Waals surface area contributed by atoms with Crippen molar-refractivity contribution in [2.75, 3.05) is 18.1 Å². The summed E-state index contributed by atoms with van der Waals surface area (Å²) in [7, 11) is 0. The Morgan fingerprint density at radius 1 is 1.25 bits per heavy atom. The number of aromatic nitrogens is 1. The van der Waals surface area contributed by atoms with Crippen LogP contribution >= 0.6 is 0 Å². The summed E-state index contributed by atoms with van der Waals surface area (Å²) in [5.74, 6) is 1.80. The molecule has 4 heteroatoms. The maximum Gasteiger partial charge on any atom is 0.215 e. The third-order valence-electron chi connectivity index (χ3n) is 4.52. The van der Waals surface area contributed by atoms with Crippen LogP contribution in [-0.4, -0.2) is 36.3 Å². The van der Waals surface area contributed by atoms with E-state index >= 15 is 0 Å². The summed E-state index contributed by atoms with van der Waals surface area (Å²) < 4.78 is 5.53. The van der Waals surface area contributed by atoms with Crippen LogP contribution in [0.2, 0.25) is 0 Å². The van der Waals surface area contributed by atoms with Gasteiger partial charge in [-0.3, -0.25) is 0 Å². The highest BCUT2D eigenvalue weighted by Crippen LogP contribution is 2.31. The lowest BCUT2D eigenvalue weighted by atomic mass is 9.98. The third-order valence-corrected chi connectivity index (χ3v) is 4.52. The molecule has 20 heavy (non-hydrogen) atoms. The van der Waals surface area contributed by atoms with Gasteiger partial charge >= 0.3 is 0 Å². The quantitative estimate of drug-likeness (QED) is 0.896. The Bertz CT molecular complexity index is 439. The first-order chi connectivity index (χ1) is 9.80. The van der Waals surface area contributed by atoms with Crippen molar-refractivity contribution in [3.8, 4) is 5.88 Å². The van der Waals surface area contributed by atoms with Crippen molar-refractivity contribution >= 4 is 5.82 Å². The topological polar surface area (TPSA) is 37.4 Å². The van der Waals surface area contributed by atoms with Crippen LogP contribution in [0.15, 0.2) is 18.2 Å². The standard InChI is InChI=1S/C16H25N3O/c1-3-19(14-10-12-8-9-13(11-14)17-12)15-6-5-7-16(18-15)20-4-2/h5-7,12-14,17H,3-4,8-11H2,1-2H3. The van der Waals surface area contributed by atoms with Crippen molar-refractivity contribution < 1.29 is 4.74 Å². The Morgan fingerprint density at radius 2 is 2.00 bits per heavy atom. The second-order valence-electron chi connectivity index (χ2n) is 5.82. The van der Waals surface area contributed by atoms with Gasteiger partial charge < -0.3 is 15.0 Å². The van der Waals surface area contributed by atoms with E-state index in [2.05, 4.69) is 28.2 Å². The van der Waals surface area contributed by atoms with Gasteiger partial charge in [-0.2, -0.15) is 4.98 Å². The molecule has 0 aliphatic carbocycles. The Hall–Kier alpha value is -1.29. The number of anilines is 1. The van der Waals surface area contributed by atoms with Gasteiger partial charge in [-0.05, 0) is 45.6 Å². The number of pyridine rings is 1. The number of ether oxygens (including phenoxy) is 1. The van der Waals surface area contributed by atoms with E-state index in [1.165, 1.54) is 25.7 Å². The predicted octanol–water partition coefficient (Wildman–Crippen LogP) is 2.59. The Morgan fingerprint density at radius 3 is 2.65 bits per heavy atom. The van der Waals surface area contributed by atoms with Crippen LogP contribution in [0, 0.1) is 0 Å². The Balaban J connectivity index is 1.77. The number of nitrogens with zero attached hydrogens (tertiary/aromatic N) is 2. The first kappa shape index (κ1) is 13.7. The molecule has 2 aliphatic rings. The van der Waals surface area contributed by atoms with Gasteiger partial charge in [0.2, 0.25) is 5.88 Å². The molecule has 2 aliphatic heterocycles. The summed E-state index contributed by atoms with van der Waals surface area (Å²) in [5.41, 5.74) is 0. The van der Waals surface area contributed by atoms with Crippen LogP contribution in [0.5, 0.6) is 5.88 Å². The van der Waals surface area contributed by atoms with Crippen molar-refractivity contribution in [2.24, 2.45) is 0 Å². The molecule has 2 saturated heterocycles. The maximum atomic E-state index is 5.53. The van der Waals surface area contributed by atoms with Gasteiger partial charge in [-0.15, -0.1) is 0 Å². The van der Waals surface area contributed by atoms with Crippen molar-refractivity contribution in [3.05, 3.63) is 18.2 Å². The molecule has 110 valence electrons. The summed E-state index contributed by atoms with van der Waals surface area (Å²) in [6.07, 6.45) is 5.16. The fraction of sp³-hybridized carbons (Fsp3) is 0.688. The lowest BCUT2D eigenvalue weighted by Gasteiger charge is -2.38. The molecule has 3 heterocycles. The van der Waals surface area contributed by atoms with E-state index in [-0.39, 0.29) is 0 Å². The highest BCUT2D eigenvalue weighted by molar-refractivity contribution is 5.42. The van der Waals surface area contributed by atoms with E-state index in [4.69, 9.17) is 4.74 Å². The second-order valence-corrected chi connectivity index (χ2v) is 5.82. The summed E-state index contributed by atoms with van der Waals surface area (Å²) in [6.45, 7) is 5.89. The van der Waals surface area contributed by atoms with Gasteiger partial charge in [-0.25, -0.2) is 0 Å². The summed E-state index contributed by atoms with van der Waals surface area (Å²) in [6, 6.07) is 8.13. The van der Waals surface area contributed by atoms with Gasteiger partial charge in [0.25, 0.3) is 0 Å². The van der Waals surface area contributed by atoms with E-state index < -0.39 is 0 Å². The van der Waals surface area contributed by atoms with Crippen molar-refractivity contribution in [1.29, 1.82) is 0 Å². The first-order valence-corrected chi connectivity index (χ1v) is 7.92. The second kappa shape index (κ2) is 6.00. The predicted molar refractivity (Wildman–Crippen MR) is 81.4 cm³/mol. The molecule has 0 spiro atoms. The third kappa shape index (κ3) is 2.75. The first-order valence-electron chi connectivity index (χ1n) is 7.92. The monoisotopic (exact) mass is 275 g/mol. The van der Waals surface area contributed by atoms with Gasteiger partial charge in [-0.1, -0.05) is 6.07 Å². The molecular formula is C16H25N3O. The van der Waals surface area contributed by atoms with Gasteiger partial charge in [0, 0.05) is 30.7 Å². The zero-order chi connectivity index (χ0) is 13.9. The molecular weight excluding hydrogens is 250 g/mol. The molecule has 0 radical (unpaired) electrons.